The van der Waals surface area contributed by atoms with Gasteiger partial charge in [-0.15, -0.1) is 0 Å². The Labute approximate surface area is 304 Å². The summed E-state index contributed by atoms with van der Waals surface area (Å²) in [5.41, 5.74) is 15.3. The first kappa shape index (κ1) is 40.8. The highest BCUT2D eigenvalue weighted by atomic mass is 16.5. The minimum Gasteiger partial charge on any atom is -0.493 e. The van der Waals surface area contributed by atoms with E-state index in [0.29, 0.717) is 48.0 Å². The minimum absolute atomic E-state index is 0.122. The van der Waals surface area contributed by atoms with Gasteiger partial charge in [-0.3, -0.25) is 19.6 Å². The molecule has 0 bridgehead atoms. The fraction of sp³-hybridized carbons (Fsp3) is 0.395. The molecule has 0 aliphatic heterocycles. The molecule has 52 heavy (non-hydrogen) atoms. The van der Waals surface area contributed by atoms with E-state index in [4.69, 9.17) is 30.9 Å². The van der Waals surface area contributed by atoms with Crippen molar-refractivity contribution in [1.82, 2.24) is 20.8 Å². The molecule has 0 saturated carbocycles. The molecule has 0 aliphatic carbocycles. The molecule has 0 unspecified atom stereocenters. The Morgan fingerprint density at radius 1 is 0.904 bits per heavy atom. The number of carbonyl (C=O) groups excluding carboxylic acids is 3. The lowest BCUT2D eigenvalue weighted by molar-refractivity contribution is -0.136. The lowest BCUT2D eigenvalue weighted by Crippen LogP contribution is -2.47. The van der Waals surface area contributed by atoms with Gasteiger partial charge in [0.15, 0.2) is 11.5 Å². The number of hydrogen-bond donors (Lipinski definition) is 6. The molecular formula is C38H51N7O7. The van der Waals surface area contributed by atoms with Gasteiger partial charge in [-0.05, 0) is 59.4 Å². The Kier molecular flexibility index (Phi) is 15.9. The summed E-state index contributed by atoms with van der Waals surface area (Å²) in [4.78, 5) is 45.4. The molecule has 0 fully saturated rings. The van der Waals surface area contributed by atoms with E-state index in [-0.39, 0.29) is 30.1 Å². The Bertz CT molecular complexity index is 1780. The van der Waals surface area contributed by atoms with Gasteiger partial charge < -0.3 is 36.3 Å². The molecule has 2 atom stereocenters. The maximum atomic E-state index is 13.0. The summed E-state index contributed by atoms with van der Waals surface area (Å²) < 4.78 is 15.9. The number of unbranched alkanes of at least 4 members (excludes halogenated alkanes) is 1. The molecule has 14 heteroatoms. The van der Waals surface area contributed by atoms with E-state index >= 15 is 0 Å². The number of hydrogen-bond acceptors (Lipinski definition) is 11. The van der Waals surface area contributed by atoms with Crippen LogP contribution in [0.15, 0.2) is 60.8 Å². The number of methoxy groups -OCH3 is 3. The molecule has 3 amide bonds. The van der Waals surface area contributed by atoms with Crippen molar-refractivity contribution < 1.29 is 33.8 Å². The standard InChI is InChI=1S/C24H33N3O4.C14H18N4O3/c1-4-5-8-19(15-22(28)27-31)23(29)26-21(13-16(2)3)24(30)25-20-12-11-17-9-6-7-10-18(17)14-20;1-19-10-5-8(6-11(20-2)12(10)21-3)4-9-7-17-14(16)18-13(9)15/h6-7,9-12,14,16,19,21,31H,4-5,8,13,15H2,1-3H3,(H,25,30)(H,26,29)(H,27,28);5-7H,4H2,1-3H3,(H4,15,16,17,18)/t19-,21-;/m0./s1. The van der Waals surface area contributed by atoms with Gasteiger partial charge in [-0.2, -0.15) is 4.98 Å². The number of ether oxygens (including phenoxy) is 3. The average Bonchev–Trinajstić information content (AvgIpc) is 3.13. The predicted molar refractivity (Wildman–Crippen MR) is 201 cm³/mol. The number of anilines is 3. The highest BCUT2D eigenvalue weighted by molar-refractivity contribution is 5.99. The minimum atomic E-state index is -0.722. The quantitative estimate of drug-likeness (QED) is 0.0649. The van der Waals surface area contributed by atoms with Crippen molar-refractivity contribution in [3.05, 3.63) is 71.9 Å². The molecule has 4 aromatic rings. The zero-order chi connectivity index (χ0) is 38.2. The largest absolute Gasteiger partial charge is 0.493 e. The van der Waals surface area contributed by atoms with E-state index in [9.17, 15) is 14.4 Å². The second-order valence-electron chi connectivity index (χ2n) is 12.7. The number of aromatic nitrogens is 2. The summed E-state index contributed by atoms with van der Waals surface area (Å²) >= 11 is 0. The second-order valence-corrected chi connectivity index (χ2v) is 12.7. The fourth-order valence-electron chi connectivity index (χ4n) is 5.56. The number of fused-ring (bicyclic) bond motifs is 1. The Morgan fingerprint density at radius 3 is 2.15 bits per heavy atom. The van der Waals surface area contributed by atoms with Crippen LogP contribution >= 0.6 is 0 Å². The molecule has 0 spiro atoms. The fourth-order valence-corrected chi connectivity index (χ4v) is 5.56. The van der Waals surface area contributed by atoms with Crippen molar-refractivity contribution in [1.29, 1.82) is 0 Å². The molecular weight excluding hydrogens is 666 g/mol. The van der Waals surface area contributed by atoms with Gasteiger partial charge in [0.25, 0.3) is 0 Å². The molecule has 14 nitrogen and oxygen atoms in total. The van der Waals surface area contributed by atoms with Gasteiger partial charge in [0.2, 0.25) is 29.4 Å². The van der Waals surface area contributed by atoms with Gasteiger partial charge >= 0.3 is 0 Å². The van der Waals surface area contributed by atoms with E-state index in [1.807, 2.05) is 75.4 Å². The van der Waals surface area contributed by atoms with E-state index in [0.717, 1.165) is 34.7 Å². The SMILES string of the molecule is CCCC[C@@H](CC(=O)NO)C(=O)N[C@@H](CC(C)C)C(=O)Nc1ccc2ccccc2c1.COc1cc(Cc2cnc(N)nc2N)cc(OC)c1OC. The zero-order valence-corrected chi connectivity index (χ0v) is 30.7. The highest BCUT2D eigenvalue weighted by Gasteiger charge is 2.27. The van der Waals surface area contributed by atoms with Crippen LogP contribution in [-0.4, -0.2) is 60.3 Å². The number of amides is 3. The maximum Gasteiger partial charge on any atom is 0.246 e. The van der Waals surface area contributed by atoms with Gasteiger partial charge in [0.05, 0.1) is 21.3 Å². The van der Waals surface area contributed by atoms with Crippen molar-refractivity contribution >= 4 is 45.9 Å². The van der Waals surface area contributed by atoms with Crippen molar-refractivity contribution in [3.8, 4) is 17.2 Å². The first-order valence-electron chi connectivity index (χ1n) is 17.1. The molecule has 0 aliphatic rings. The first-order valence-corrected chi connectivity index (χ1v) is 17.1. The van der Waals surface area contributed by atoms with Crippen LogP contribution in [0.4, 0.5) is 17.5 Å². The summed E-state index contributed by atoms with van der Waals surface area (Å²) in [5, 5.41) is 16.7. The predicted octanol–water partition coefficient (Wildman–Crippen LogP) is 5.27. The molecule has 1 heterocycles. The normalized spacial score (nSPS) is 11.8. The van der Waals surface area contributed by atoms with E-state index < -0.39 is 17.9 Å². The smallest absolute Gasteiger partial charge is 0.246 e. The Morgan fingerprint density at radius 2 is 1.58 bits per heavy atom. The molecule has 0 radical (unpaired) electrons. The van der Waals surface area contributed by atoms with E-state index in [1.165, 1.54) is 0 Å². The number of rotatable bonds is 16. The zero-order valence-electron chi connectivity index (χ0n) is 30.7. The van der Waals surface area contributed by atoms with E-state index in [2.05, 4.69) is 20.6 Å². The third-order valence-corrected chi connectivity index (χ3v) is 8.23. The van der Waals surface area contributed by atoms with Gasteiger partial charge in [0, 0.05) is 36.2 Å². The highest BCUT2D eigenvalue weighted by Crippen LogP contribution is 2.39. The number of nitrogens with zero attached hydrogens (tertiary/aromatic N) is 2. The summed E-state index contributed by atoms with van der Waals surface area (Å²) in [6.07, 6.45) is 4.65. The van der Waals surface area contributed by atoms with Crippen LogP contribution in [-0.2, 0) is 20.8 Å². The van der Waals surface area contributed by atoms with Crippen LogP contribution in [0.5, 0.6) is 17.2 Å². The van der Waals surface area contributed by atoms with Gasteiger partial charge in [-0.25, -0.2) is 10.5 Å². The van der Waals surface area contributed by atoms with Crippen molar-refractivity contribution in [2.24, 2.45) is 11.8 Å². The first-order chi connectivity index (χ1) is 24.9. The summed E-state index contributed by atoms with van der Waals surface area (Å²) in [5.74, 6) is 0.552. The number of hydroxylamine groups is 1. The van der Waals surface area contributed by atoms with Gasteiger partial charge in [-0.1, -0.05) is 63.9 Å². The summed E-state index contributed by atoms with van der Waals surface area (Å²) in [6.45, 7) is 5.96. The number of benzene rings is 3. The average molecular weight is 718 g/mol. The van der Waals surface area contributed by atoms with Crippen LogP contribution in [0.2, 0.25) is 0 Å². The van der Waals surface area contributed by atoms with Crippen LogP contribution < -0.4 is 41.8 Å². The molecule has 1 aromatic heterocycles. The van der Waals surface area contributed by atoms with Crippen LogP contribution in [0.25, 0.3) is 10.8 Å². The monoisotopic (exact) mass is 717 g/mol. The lowest BCUT2D eigenvalue weighted by Gasteiger charge is -2.23. The molecule has 280 valence electrons. The maximum absolute atomic E-state index is 13.0. The number of carbonyl (C=O) groups is 3. The third kappa shape index (κ3) is 12.0. The molecule has 8 N–H and O–H groups in total. The topological polar surface area (TPSA) is 213 Å². The van der Waals surface area contributed by atoms with Crippen LogP contribution in [0, 0.1) is 11.8 Å². The van der Waals surface area contributed by atoms with Crippen molar-refractivity contribution in [2.45, 2.75) is 65.3 Å². The lowest BCUT2D eigenvalue weighted by atomic mass is 9.95. The van der Waals surface area contributed by atoms with Gasteiger partial charge in [0.1, 0.15) is 11.9 Å². The Balaban J connectivity index is 0.000000302. The van der Waals surface area contributed by atoms with Crippen LogP contribution in [0.3, 0.4) is 0 Å². The molecule has 0 saturated heterocycles. The van der Waals surface area contributed by atoms with E-state index in [1.54, 1.807) is 33.0 Å². The summed E-state index contributed by atoms with van der Waals surface area (Å²) in [7, 11) is 4.70. The molecule has 4 rings (SSSR count). The number of nitrogens with one attached hydrogen (secondary N) is 3. The number of nitrogens with two attached hydrogens (primary N) is 2. The second kappa shape index (κ2) is 20.3. The van der Waals surface area contributed by atoms with Crippen LogP contribution in [0.1, 0.15) is 64.0 Å². The van der Waals surface area contributed by atoms with Crippen molar-refractivity contribution in [2.75, 3.05) is 38.1 Å². The number of nitrogen functional groups attached to an aromatic ring is 2. The molecule has 3 aromatic carbocycles. The Hall–Kier alpha value is -5.63. The van der Waals surface area contributed by atoms with Crippen molar-refractivity contribution in [3.63, 3.8) is 0 Å². The third-order valence-electron chi connectivity index (χ3n) is 8.23. The summed E-state index contributed by atoms with van der Waals surface area (Å²) in [6, 6.07) is 16.5.